The summed E-state index contributed by atoms with van der Waals surface area (Å²) in [4.78, 5) is 23.3. The molecule has 0 radical (unpaired) electrons. The summed E-state index contributed by atoms with van der Waals surface area (Å²) in [6, 6.07) is 18.2. The van der Waals surface area contributed by atoms with Crippen molar-refractivity contribution in [3.63, 3.8) is 0 Å². The van der Waals surface area contributed by atoms with Crippen molar-refractivity contribution in [2.45, 2.75) is 71.5 Å². The van der Waals surface area contributed by atoms with Gasteiger partial charge in [-0.15, -0.1) is 0 Å². The first-order valence-electron chi connectivity index (χ1n) is 10.9. The molecule has 0 aliphatic heterocycles. The first-order valence-corrected chi connectivity index (χ1v) is 10.9. The average molecular weight is 427 g/mol. The Hall–Kier alpha value is -2.82. The molecular formula is C26H34O5. The first-order chi connectivity index (χ1) is 14.7. The lowest BCUT2D eigenvalue weighted by atomic mass is 9.97. The summed E-state index contributed by atoms with van der Waals surface area (Å²) in [5, 5.41) is 9.38. The maximum atomic E-state index is 11.9. The van der Waals surface area contributed by atoms with Crippen LogP contribution in [0.4, 0.5) is 0 Å². The van der Waals surface area contributed by atoms with Gasteiger partial charge in [-0.3, -0.25) is 9.59 Å². The topological polar surface area (TPSA) is 72.8 Å². The predicted octanol–water partition coefficient (Wildman–Crippen LogP) is 5.80. The summed E-state index contributed by atoms with van der Waals surface area (Å²) in [5.74, 6) is -1.22. The number of ether oxygens (including phenoxy) is 2. The van der Waals surface area contributed by atoms with Crippen LogP contribution in [0.15, 0.2) is 54.6 Å². The van der Waals surface area contributed by atoms with Gasteiger partial charge in [-0.25, -0.2) is 0 Å². The molecule has 0 fully saturated rings. The third-order valence-corrected chi connectivity index (χ3v) is 4.87. The maximum Gasteiger partial charge on any atom is 0.307 e. The highest BCUT2D eigenvalue weighted by atomic mass is 16.6. The van der Waals surface area contributed by atoms with Crippen molar-refractivity contribution >= 4 is 11.9 Å². The number of hydrogen-bond donors (Lipinski definition) is 1. The van der Waals surface area contributed by atoms with E-state index in [1.54, 1.807) is 20.8 Å². The van der Waals surface area contributed by atoms with Crippen LogP contribution >= 0.6 is 0 Å². The van der Waals surface area contributed by atoms with Crippen molar-refractivity contribution in [3.05, 3.63) is 65.7 Å². The van der Waals surface area contributed by atoms with Gasteiger partial charge in [-0.2, -0.15) is 0 Å². The highest BCUT2D eigenvalue weighted by Crippen LogP contribution is 2.19. The molecule has 0 saturated heterocycles. The molecule has 0 bridgehead atoms. The van der Waals surface area contributed by atoms with Crippen molar-refractivity contribution in [1.82, 2.24) is 0 Å². The molecule has 31 heavy (non-hydrogen) atoms. The fraction of sp³-hybridized carbons (Fsp3) is 0.462. The minimum absolute atomic E-state index is 0.0724. The van der Waals surface area contributed by atoms with E-state index in [1.165, 1.54) is 5.56 Å². The number of hydrogen-bond acceptors (Lipinski definition) is 4. The second kappa shape index (κ2) is 12.1. The maximum absolute atomic E-state index is 11.9. The van der Waals surface area contributed by atoms with Crippen molar-refractivity contribution in [1.29, 1.82) is 0 Å². The molecule has 2 rings (SSSR count). The predicted molar refractivity (Wildman–Crippen MR) is 121 cm³/mol. The number of benzene rings is 2. The molecule has 0 amide bonds. The van der Waals surface area contributed by atoms with Crippen LogP contribution in [0.5, 0.6) is 5.75 Å². The van der Waals surface area contributed by atoms with E-state index >= 15 is 0 Å². The molecular weight excluding hydrogens is 392 g/mol. The van der Waals surface area contributed by atoms with Crippen LogP contribution in [-0.4, -0.2) is 22.6 Å². The molecule has 0 spiro atoms. The van der Waals surface area contributed by atoms with Gasteiger partial charge in [0.25, 0.3) is 0 Å². The molecule has 2 aromatic rings. The molecule has 0 aliphatic rings. The summed E-state index contributed by atoms with van der Waals surface area (Å²) in [5.41, 5.74) is 1.77. The number of aliphatic carboxylic acids is 1. The Morgan fingerprint density at radius 1 is 0.903 bits per heavy atom. The number of rotatable bonds is 12. The zero-order chi connectivity index (χ0) is 22.7. The van der Waals surface area contributed by atoms with Gasteiger partial charge in [0.05, 0.1) is 12.3 Å². The third kappa shape index (κ3) is 10.2. The molecule has 5 nitrogen and oxygen atoms in total. The Morgan fingerprint density at radius 2 is 1.58 bits per heavy atom. The number of carbonyl (C=O) groups excluding carboxylic acids is 1. The summed E-state index contributed by atoms with van der Waals surface area (Å²) < 4.78 is 11.1. The summed E-state index contributed by atoms with van der Waals surface area (Å²) in [6.07, 6.45) is 4.02. The SMILES string of the molecule is CC(C)(C)OC(=O)C[C@@H](CCCCCc1ccc(OCc2ccccc2)cc1)C(=O)O. The molecule has 1 N–H and O–H groups in total. The number of carboxylic acid groups (broad SMARTS) is 1. The van der Waals surface area contributed by atoms with Gasteiger partial charge in [-0.1, -0.05) is 55.3 Å². The van der Waals surface area contributed by atoms with Crippen LogP contribution in [0.25, 0.3) is 0 Å². The number of aryl methyl sites for hydroxylation is 1. The van der Waals surface area contributed by atoms with E-state index in [1.807, 2.05) is 42.5 Å². The Morgan fingerprint density at radius 3 is 2.19 bits per heavy atom. The lowest BCUT2D eigenvalue weighted by molar-refractivity contribution is -0.160. The van der Waals surface area contributed by atoms with Crippen LogP contribution in [0.3, 0.4) is 0 Å². The third-order valence-electron chi connectivity index (χ3n) is 4.87. The second-order valence-corrected chi connectivity index (χ2v) is 8.84. The minimum atomic E-state index is -0.933. The van der Waals surface area contributed by atoms with Gasteiger partial charge in [0.2, 0.25) is 0 Å². The van der Waals surface area contributed by atoms with Gasteiger partial charge < -0.3 is 14.6 Å². The quantitative estimate of drug-likeness (QED) is 0.343. The zero-order valence-corrected chi connectivity index (χ0v) is 18.8. The monoisotopic (exact) mass is 426 g/mol. The Balaban J connectivity index is 1.66. The van der Waals surface area contributed by atoms with Crippen LogP contribution < -0.4 is 4.74 Å². The highest BCUT2D eigenvalue weighted by Gasteiger charge is 2.24. The Labute approximate surface area is 185 Å². The van der Waals surface area contributed by atoms with E-state index < -0.39 is 23.5 Å². The van der Waals surface area contributed by atoms with Crippen molar-refractivity contribution in [2.24, 2.45) is 5.92 Å². The van der Waals surface area contributed by atoms with E-state index in [4.69, 9.17) is 9.47 Å². The van der Waals surface area contributed by atoms with Gasteiger partial charge in [0, 0.05) is 0 Å². The van der Waals surface area contributed by atoms with E-state index in [0.29, 0.717) is 13.0 Å². The standard InChI is InChI=1S/C26H34O5/c1-26(2,3)31-24(27)18-22(25(28)29)13-9-5-6-10-20-14-16-23(17-15-20)30-19-21-11-7-4-8-12-21/h4,7-8,11-12,14-17,22H,5-6,9-10,13,18-19H2,1-3H3,(H,28,29)/t22-/m1/s1. The molecule has 2 aromatic carbocycles. The highest BCUT2D eigenvalue weighted by molar-refractivity contribution is 5.78. The molecule has 1 atom stereocenters. The number of unbranched alkanes of at least 4 members (excludes halogenated alkanes) is 2. The molecule has 0 aliphatic carbocycles. The normalized spacial score (nSPS) is 12.2. The number of esters is 1. The largest absolute Gasteiger partial charge is 0.489 e. The molecule has 5 heteroatoms. The fourth-order valence-corrected chi connectivity index (χ4v) is 3.29. The zero-order valence-electron chi connectivity index (χ0n) is 18.8. The van der Waals surface area contributed by atoms with Crippen LogP contribution in [0, 0.1) is 5.92 Å². The van der Waals surface area contributed by atoms with Crippen LogP contribution in [0.2, 0.25) is 0 Å². The van der Waals surface area contributed by atoms with Crippen molar-refractivity contribution in [3.8, 4) is 5.75 Å². The van der Waals surface area contributed by atoms with Gasteiger partial charge in [0.15, 0.2) is 0 Å². The van der Waals surface area contributed by atoms with Gasteiger partial charge in [-0.05, 0) is 63.3 Å². The van der Waals surface area contributed by atoms with E-state index in [0.717, 1.165) is 37.0 Å². The first kappa shape index (κ1) is 24.4. The molecule has 168 valence electrons. The molecule has 0 heterocycles. The van der Waals surface area contributed by atoms with E-state index in [-0.39, 0.29) is 6.42 Å². The van der Waals surface area contributed by atoms with Crippen molar-refractivity contribution < 1.29 is 24.2 Å². The van der Waals surface area contributed by atoms with E-state index in [9.17, 15) is 14.7 Å². The molecule has 0 unspecified atom stereocenters. The van der Waals surface area contributed by atoms with Crippen LogP contribution in [0.1, 0.15) is 64.0 Å². The fourth-order valence-electron chi connectivity index (χ4n) is 3.29. The number of carbonyl (C=O) groups is 2. The molecule has 0 saturated carbocycles. The van der Waals surface area contributed by atoms with Crippen molar-refractivity contribution in [2.75, 3.05) is 0 Å². The van der Waals surface area contributed by atoms with E-state index in [2.05, 4.69) is 12.1 Å². The minimum Gasteiger partial charge on any atom is -0.489 e. The summed E-state index contributed by atoms with van der Waals surface area (Å²) >= 11 is 0. The lowest BCUT2D eigenvalue weighted by Gasteiger charge is -2.21. The second-order valence-electron chi connectivity index (χ2n) is 8.84. The Kier molecular flexibility index (Phi) is 9.57. The summed E-state index contributed by atoms with van der Waals surface area (Å²) in [6.45, 7) is 5.89. The van der Waals surface area contributed by atoms with Gasteiger partial charge in [0.1, 0.15) is 18.0 Å². The molecule has 0 aromatic heterocycles. The Bertz CT molecular complexity index is 806. The lowest BCUT2D eigenvalue weighted by Crippen LogP contribution is -2.27. The smallest absolute Gasteiger partial charge is 0.307 e. The number of carboxylic acids is 1. The van der Waals surface area contributed by atoms with Gasteiger partial charge >= 0.3 is 11.9 Å². The van der Waals surface area contributed by atoms with Crippen LogP contribution in [-0.2, 0) is 27.4 Å². The average Bonchev–Trinajstić information content (AvgIpc) is 2.71. The summed E-state index contributed by atoms with van der Waals surface area (Å²) in [7, 11) is 0.